The molecule has 0 saturated carbocycles. The Morgan fingerprint density at radius 3 is 2.68 bits per heavy atom. The molecule has 25 heavy (non-hydrogen) atoms. The average Bonchev–Trinajstić information content (AvgIpc) is 2.54. The van der Waals surface area contributed by atoms with Crippen molar-refractivity contribution in [2.75, 3.05) is 37.7 Å². The number of ether oxygens (including phenoxy) is 1. The normalized spacial score (nSPS) is 17.7. The highest BCUT2D eigenvalue weighted by Gasteiger charge is 2.22. The van der Waals surface area contributed by atoms with Crippen LogP contribution in [0.15, 0.2) is 29.2 Å². The third-order valence-electron chi connectivity index (χ3n) is 3.70. The lowest BCUT2D eigenvalue weighted by atomic mass is 10.2. The highest BCUT2D eigenvalue weighted by Crippen LogP contribution is 2.15. The van der Waals surface area contributed by atoms with E-state index in [1.54, 1.807) is 12.1 Å². The highest BCUT2D eigenvalue weighted by molar-refractivity contribution is 7.99. The van der Waals surface area contributed by atoms with Gasteiger partial charge in [-0.1, -0.05) is 0 Å². The second-order valence-corrected chi connectivity index (χ2v) is 8.22. The minimum Gasteiger partial charge on any atom is -0.493 e. The Morgan fingerprint density at radius 1 is 1.40 bits per heavy atom. The van der Waals surface area contributed by atoms with Crippen molar-refractivity contribution in [2.45, 2.75) is 17.9 Å². The third-order valence-corrected chi connectivity index (χ3v) is 5.53. The summed E-state index contributed by atoms with van der Waals surface area (Å²) in [4.78, 5) is 14.1. The molecule has 1 amide bonds. The Kier molecular flexibility index (Phi) is 9.01. The van der Waals surface area contributed by atoms with Crippen LogP contribution >= 0.6 is 24.2 Å². The van der Waals surface area contributed by atoms with E-state index in [4.69, 9.17) is 9.88 Å². The maximum Gasteiger partial charge on any atom is 0.238 e. The van der Waals surface area contributed by atoms with Crippen LogP contribution in [0.5, 0.6) is 5.75 Å². The first-order valence-corrected chi connectivity index (χ1v) is 10.4. The molecule has 1 heterocycles. The van der Waals surface area contributed by atoms with Crippen LogP contribution in [0.4, 0.5) is 0 Å². The molecule has 1 aliphatic heterocycles. The van der Waals surface area contributed by atoms with E-state index in [9.17, 15) is 13.2 Å². The van der Waals surface area contributed by atoms with Crippen molar-refractivity contribution in [2.24, 2.45) is 5.14 Å². The largest absolute Gasteiger partial charge is 0.493 e. The summed E-state index contributed by atoms with van der Waals surface area (Å²) in [7, 11) is -3.68. The van der Waals surface area contributed by atoms with Gasteiger partial charge in [0.25, 0.3) is 0 Å². The number of halogens is 1. The lowest BCUT2D eigenvalue weighted by molar-refractivity contribution is -0.131. The van der Waals surface area contributed by atoms with E-state index >= 15 is 0 Å². The number of hydrogen-bond donors (Lipinski definition) is 2. The second-order valence-electron chi connectivity index (χ2n) is 5.56. The number of primary sulfonamides is 1. The van der Waals surface area contributed by atoms with E-state index in [0.29, 0.717) is 23.9 Å². The van der Waals surface area contributed by atoms with Gasteiger partial charge in [0, 0.05) is 31.4 Å². The van der Waals surface area contributed by atoms with Crippen LogP contribution in [0.1, 0.15) is 6.92 Å². The fraction of sp³-hybridized carbons (Fsp3) is 0.533. The first-order valence-electron chi connectivity index (χ1n) is 7.71. The van der Waals surface area contributed by atoms with Gasteiger partial charge in [-0.25, -0.2) is 13.6 Å². The molecule has 1 aliphatic rings. The van der Waals surface area contributed by atoms with Crippen molar-refractivity contribution in [1.29, 1.82) is 0 Å². The van der Waals surface area contributed by atoms with Gasteiger partial charge in [0.05, 0.1) is 17.3 Å². The van der Waals surface area contributed by atoms with E-state index < -0.39 is 10.0 Å². The predicted molar refractivity (Wildman–Crippen MR) is 102 cm³/mol. The summed E-state index contributed by atoms with van der Waals surface area (Å²) in [5, 5.41) is 8.30. The Balaban J connectivity index is 0.00000312. The minimum atomic E-state index is -3.68. The molecule has 0 bridgehead atoms. The van der Waals surface area contributed by atoms with Crippen LogP contribution in [0.2, 0.25) is 0 Å². The van der Waals surface area contributed by atoms with Gasteiger partial charge in [0.15, 0.2) is 0 Å². The van der Waals surface area contributed by atoms with Crippen molar-refractivity contribution in [3.63, 3.8) is 0 Å². The van der Waals surface area contributed by atoms with Crippen molar-refractivity contribution >= 4 is 40.1 Å². The van der Waals surface area contributed by atoms with Gasteiger partial charge in [-0.15, -0.1) is 24.2 Å². The molecule has 10 heteroatoms. The molecule has 2 rings (SSSR count). The number of amides is 1. The number of hydrogen-bond acceptors (Lipinski definition) is 6. The molecular weight excluding hydrogens is 386 g/mol. The fourth-order valence-electron chi connectivity index (χ4n) is 2.40. The zero-order valence-corrected chi connectivity index (χ0v) is 16.5. The SMILES string of the molecule is CC1CNCCN1C(=O)CSCCOc1ccc(S(N)(=O)=O)cc1.Cl. The van der Waals surface area contributed by atoms with Crippen molar-refractivity contribution < 1.29 is 17.9 Å². The van der Waals surface area contributed by atoms with Gasteiger partial charge < -0.3 is 15.0 Å². The summed E-state index contributed by atoms with van der Waals surface area (Å²) in [6.45, 7) is 4.94. The minimum absolute atomic E-state index is 0. The zero-order chi connectivity index (χ0) is 17.6. The molecule has 0 aliphatic carbocycles. The van der Waals surface area contributed by atoms with Crippen molar-refractivity contribution in [3.05, 3.63) is 24.3 Å². The van der Waals surface area contributed by atoms with Crippen LogP contribution in [0.25, 0.3) is 0 Å². The van der Waals surface area contributed by atoms with Crippen molar-refractivity contribution in [1.82, 2.24) is 10.2 Å². The van der Waals surface area contributed by atoms with Crippen LogP contribution in [-0.4, -0.2) is 63.0 Å². The van der Waals surface area contributed by atoms with Gasteiger partial charge in [-0.3, -0.25) is 4.79 Å². The molecule has 1 unspecified atom stereocenters. The summed E-state index contributed by atoms with van der Waals surface area (Å²) < 4.78 is 27.8. The number of nitrogens with one attached hydrogen (secondary N) is 1. The highest BCUT2D eigenvalue weighted by atomic mass is 35.5. The quantitative estimate of drug-likeness (QED) is 0.642. The summed E-state index contributed by atoms with van der Waals surface area (Å²) in [5.74, 6) is 1.86. The molecule has 0 spiro atoms. The van der Waals surface area contributed by atoms with Gasteiger partial charge >= 0.3 is 0 Å². The maximum atomic E-state index is 12.1. The van der Waals surface area contributed by atoms with E-state index in [1.165, 1.54) is 23.9 Å². The first kappa shape index (κ1) is 22.0. The van der Waals surface area contributed by atoms with Crippen molar-refractivity contribution in [3.8, 4) is 5.75 Å². The molecule has 7 nitrogen and oxygen atoms in total. The summed E-state index contributed by atoms with van der Waals surface area (Å²) in [6, 6.07) is 6.19. The van der Waals surface area contributed by atoms with E-state index in [0.717, 1.165) is 19.6 Å². The standard InChI is InChI=1S/C15H23N3O4S2.ClH/c1-12-10-17-6-7-18(12)15(19)11-23-9-8-22-13-2-4-14(5-3-13)24(16,20)21;/h2-5,12,17H,6-11H2,1H3,(H2,16,20,21);1H. The number of thioether (sulfide) groups is 1. The number of sulfonamides is 1. The van der Waals surface area contributed by atoms with Crippen LogP contribution in [0.3, 0.4) is 0 Å². The molecule has 1 atom stereocenters. The Hall–Kier alpha value is -1.00. The number of benzene rings is 1. The number of rotatable bonds is 7. The smallest absolute Gasteiger partial charge is 0.238 e. The van der Waals surface area contributed by atoms with Gasteiger partial charge in [-0.05, 0) is 31.2 Å². The summed E-state index contributed by atoms with van der Waals surface area (Å²) in [6.07, 6.45) is 0. The Bertz CT molecular complexity index is 655. The number of piperazine rings is 1. The summed E-state index contributed by atoms with van der Waals surface area (Å²) in [5.41, 5.74) is 0. The molecule has 1 saturated heterocycles. The first-order chi connectivity index (χ1) is 11.4. The number of carbonyl (C=O) groups excluding carboxylic acids is 1. The van der Waals surface area contributed by atoms with Crippen LogP contribution in [0, 0.1) is 0 Å². The topological polar surface area (TPSA) is 102 Å². The number of nitrogens with two attached hydrogens (primary N) is 1. The lowest BCUT2D eigenvalue weighted by Gasteiger charge is -2.33. The second kappa shape index (κ2) is 10.2. The molecule has 0 radical (unpaired) electrons. The molecule has 1 aromatic rings. The third kappa shape index (κ3) is 7.02. The van der Waals surface area contributed by atoms with Gasteiger partial charge in [0.2, 0.25) is 15.9 Å². The lowest BCUT2D eigenvalue weighted by Crippen LogP contribution is -2.52. The molecular formula is C15H24ClN3O4S2. The Morgan fingerprint density at radius 2 is 2.08 bits per heavy atom. The Labute approximate surface area is 159 Å². The predicted octanol–water partition coefficient (Wildman–Crippen LogP) is 0.688. The van der Waals surface area contributed by atoms with E-state index in [1.807, 2.05) is 11.8 Å². The van der Waals surface area contributed by atoms with Gasteiger partial charge in [0.1, 0.15) is 5.75 Å². The fourth-order valence-corrected chi connectivity index (χ4v) is 3.60. The zero-order valence-electron chi connectivity index (χ0n) is 14.0. The maximum absolute atomic E-state index is 12.1. The molecule has 0 aromatic heterocycles. The monoisotopic (exact) mass is 409 g/mol. The number of nitrogens with zero attached hydrogens (tertiary/aromatic N) is 1. The molecule has 3 N–H and O–H groups in total. The molecule has 142 valence electrons. The van der Waals surface area contributed by atoms with Crippen LogP contribution < -0.4 is 15.2 Å². The molecule has 1 fully saturated rings. The molecule has 1 aromatic carbocycles. The van der Waals surface area contributed by atoms with E-state index in [-0.39, 0.29) is 29.3 Å². The average molecular weight is 410 g/mol. The number of carbonyl (C=O) groups is 1. The summed E-state index contributed by atoms with van der Waals surface area (Å²) >= 11 is 1.53. The van der Waals surface area contributed by atoms with Gasteiger partial charge in [-0.2, -0.15) is 0 Å². The van der Waals surface area contributed by atoms with Crippen LogP contribution in [-0.2, 0) is 14.8 Å². The van der Waals surface area contributed by atoms with E-state index in [2.05, 4.69) is 5.32 Å².